The summed E-state index contributed by atoms with van der Waals surface area (Å²) in [4.78, 5) is 7.87. The van der Waals surface area contributed by atoms with Gasteiger partial charge in [0.25, 0.3) is 0 Å². The Morgan fingerprint density at radius 1 is 1.27 bits per heavy atom. The molecule has 0 spiro atoms. The zero-order chi connectivity index (χ0) is 10.7. The van der Waals surface area contributed by atoms with Gasteiger partial charge in [0.05, 0.1) is 0 Å². The summed E-state index contributed by atoms with van der Waals surface area (Å²) in [5, 5.41) is 0. The molecule has 2 N–H and O–H groups in total. The average molecular weight is 207 g/mol. The maximum Gasteiger partial charge on any atom is 0.218 e. The summed E-state index contributed by atoms with van der Waals surface area (Å²) in [6.07, 6.45) is 6.46. The van der Waals surface area contributed by atoms with Gasteiger partial charge in [0.2, 0.25) is 5.88 Å². The molecule has 2 rings (SSSR count). The Labute approximate surface area is 89.9 Å². The van der Waals surface area contributed by atoms with Crippen LogP contribution in [-0.4, -0.2) is 16.1 Å². The van der Waals surface area contributed by atoms with Gasteiger partial charge < -0.3 is 10.5 Å². The lowest BCUT2D eigenvalue weighted by atomic mass is 9.89. The Morgan fingerprint density at radius 2 is 2.00 bits per heavy atom. The number of hydrogen-bond acceptors (Lipinski definition) is 4. The highest BCUT2D eigenvalue weighted by atomic mass is 16.5. The minimum atomic E-state index is 0.301. The van der Waals surface area contributed by atoms with Crippen LogP contribution in [0.5, 0.6) is 5.88 Å². The molecule has 0 amide bonds. The van der Waals surface area contributed by atoms with Crippen molar-refractivity contribution in [3.8, 4) is 5.88 Å². The van der Waals surface area contributed by atoms with E-state index in [4.69, 9.17) is 10.5 Å². The molecular formula is C11H17N3O. The highest BCUT2D eigenvalue weighted by molar-refractivity contribution is 5.30. The van der Waals surface area contributed by atoms with E-state index in [1.807, 2.05) is 0 Å². The van der Waals surface area contributed by atoms with Crippen molar-refractivity contribution in [3.05, 3.63) is 12.4 Å². The van der Waals surface area contributed by atoms with E-state index in [9.17, 15) is 0 Å². The van der Waals surface area contributed by atoms with Crippen LogP contribution in [0.3, 0.4) is 0 Å². The van der Waals surface area contributed by atoms with Crippen LogP contribution in [0.2, 0.25) is 0 Å². The number of hydrogen-bond donors (Lipinski definition) is 1. The van der Waals surface area contributed by atoms with Gasteiger partial charge in [-0.1, -0.05) is 6.92 Å². The molecule has 0 aromatic carbocycles. The normalized spacial score (nSPS) is 26.2. The summed E-state index contributed by atoms with van der Waals surface area (Å²) in [6, 6.07) is 1.68. The van der Waals surface area contributed by atoms with Crippen molar-refractivity contribution in [2.75, 3.05) is 5.73 Å². The van der Waals surface area contributed by atoms with E-state index in [1.165, 1.54) is 19.2 Å². The molecule has 0 aliphatic heterocycles. The number of nitrogens with zero attached hydrogens (tertiary/aromatic N) is 2. The van der Waals surface area contributed by atoms with Gasteiger partial charge in [-0.25, -0.2) is 9.97 Å². The van der Waals surface area contributed by atoms with Crippen LogP contribution in [0, 0.1) is 5.92 Å². The highest BCUT2D eigenvalue weighted by Crippen LogP contribution is 2.26. The topological polar surface area (TPSA) is 61.0 Å². The smallest absolute Gasteiger partial charge is 0.218 e. The van der Waals surface area contributed by atoms with E-state index < -0.39 is 0 Å². The second-order valence-corrected chi connectivity index (χ2v) is 4.28. The molecule has 1 fully saturated rings. The van der Waals surface area contributed by atoms with Crippen molar-refractivity contribution < 1.29 is 4.74 Å². The van der Waals surface area contributed by atoms with E-state index in [0.717, 1.165) is 18.8 Å². The van der Waals surface area contributed by atoms with Gasteiger partial charge in [0.15, 0.2) is 0 Å². The summed E-state index contributed by atoms with van der Waals surface area (Å²) in [7, 11) is 0. The molecule has 0 saturated heterocycles. The van der Waals surface area contributed by atoms with Gasteiger partial charge in [-0.3, -0.25) is 0 Å². The van der Waals surface area contributed by atoms with Crippen molar-refractivity contribution >= 4 is 5.82 Å². The molecule has 15 heavy (non-hydrogen) atoms. The molecule has 1 saturated carbocycles. The van der Waals surface area contributed by atoms with Crippen LogP contribution in [-0.2, 0) is 0 Å². The molecule has 1 aromatic heterocycles. The van der Waals surface area contributed by atoms with Crippen molar-refractivity contribution in [2.24, 2.45) is 5.92 Å². The summed E-state index contributed by atoms with van der Waals surface area (Å²) >= 11 is 0. The third-order valence-electron chi connectivity index (χ3n) is 2.91. The monoisotopic (exact) mass is 207 g/mol. The van der Waals surface area contributed by atoms with Crippen LogP contribution in [0.15, 0.2) is 12.4 Å². The highest BCUT2D eigenvalue weighted by Gasteiger charge is 2.19. The fourth-order valence-corrected chi connectivity index (χ4v) is 1.94. The SMILES string of the molecule is CC1CCC(Oc2cc(N)ncn2)CC1. The zero-order valence-corrected chi connectivity index (χ0v) is 9.02. The molecule has 4 nitrogen and oxygen atoms in total. The third-order valence-corrected chi connectivity index (χ3v) is 2.91. The van der Waals surface area contributed by atoms with E-state index in [2.05, 4.69) is 16.9 Å². The lowest BCUT2D eigenvalue weighted by molar-refractivity contribution is 0.130. The Bertz CT molecular complexity index is 321. The van der Waals surface area contributed by atoms with Crippen molar-refractivity contribution in [1.82, 2.24) is 9.97 Å². The van der Waals surface area contributed by atoms with E-state index >= 15 is 0 Å². The van der Waals surface area contributed by atoms with Gasteiger partial charge in [0.1, 0.15) is 18.2 Å². The summed E-state index contributed by atoms with van der Waals surface area (Å²) in [6.45, 7) is 2.29. The molecule has 82 valence electrons. The number of nitrogen functional groups attached to an aromatic ring is 1. The second-order valence-electron chi connectivity index (χ2n) is 4.28. The molecule has 0 bridgehead atoms. The first-order valence-corrected chi connectivity index (χ1v) is 5.48. The van der Waals surface area contributed by atoms with Crippen molar-refractivity contribution in [1.29, 1.82) is 0 Å². The zero-order valence-electron chi connectivity index (χ0n) is 9.02. The molecule has 0 atom stereocenters. The Kier molecular flexibility index (Phi) is 3.04. The Hall–Kier alpha value is -1.32. The maximum absolute atomic E-state index is 5.75. The number of rotatable bonds is 2. The average Bonchev–Trinajstić information content (AvgIpc) is 2.22. The number of anilines is 1. The maximum atomic E-state index is 5.75. The van der Waals surface area contributed by atoms with Gasteiger partial charge in [-0.05, 0) is 31.6 Å². The summed E-state index contributed by atoms with van der Waals surface area (Å²) in [5.41, 5.74) is 5.55. The first-order valence-electron chi connectivity index (χ1n) is 5.48. The second kappa shape index (κ2) is 4.47. The lowest BCUT2D eigenvalue weighted by Gasteiger charge is -2.26. The molecule has 1 aromatic rings. The quantitative estimate of drug-likeness (QED) is 0.805. The fourth-order valence-electron chi connectivity index (χ4n) is 1.94. The Morgan fingerprint density at radius 3 is 2.67 bits per heavy atom. The summed E-state index contributed by atoms with van der Waals surface area (Å²) in [5.74, 6) is 1.89. The summed E-state index contributed by atoms with van der Waals surface area (Å²) < 4.78 is 5.75. The largest absolute Gasteiger partial charge is 0.474 e. The van der Waals surface area contributed by atoms with Gasteiger partial charge in [-0.2, -0.15) is 0 Å². The van der Waals surface area contributed by atoms with Crippen LogP contribution >= 0.6 is 0 Å². The molecule has 0 radical (unpaired) electrons. The molecule has 1 aliphatic rings. The Balaban J connectivity index is 1.92. The molecule has 4 heteroatoms. The van der Waals surface area contributed by atoms with Crippen LogP contribution < -0.4 is 10.5 Å². The predicted molar refractivity (Wildman–Crippen MR) is 58.5 cm³/mol. The predicted octanol–water partition coefficient (Wildman–Crippen LogP) is 2.02. The minimum Gasteiger partial charge on any atom is -0.474 e. The first-order chi connectivity index (χ1) is 7.24. The van der Waals surface area contributed by atoms with E-state index in [-0.39, 0.29) is 0 Å². The number of ether oxygens (including phenoxy) is 1. The fraction of sp³-hybridized carbons (Fsp3) is 0.636. The van der Waals surface area contributed by atoms with E-state index in [0.29, 0.717) is 17.8 Å². The van der Waals surface area contributed by atoms with Gasteiger partial charge in [0, 0.05) is 6.07 Å². The van der Waals surface area contributed by atoms with Gasteiger partial charge >= 0.3 is 0 Å². The molecule has 1 heterocycles. The van der Waals surface area contributed by atoms with Crippen LogP contribution in [0.25, 0.3) is 0 Å². The first kappa shape index (κ1) is 10.2. The van der Waals surface area contributed by atoms with Crippen molar-refractivity contribution in [3.63, 3.8) is 0 Å². The lowest BCUT2D eigenvalue weighted by Crippen LogP contribution is -2.23. The standard InChI is InChI=1S/C11H17N3O/c1-8-2-4-9(5-3-8)15-11-6-10(12)13-7-14-11/h6-9H,2-5H2,1H3,(H2,12,13,14). The number of aromatic nitrogens is 2. The van der Waals surface area contributed by atoms with Crippen LogP contribution in [0.4, 0.5) is 5.82 Å². The van der Waals surface area contributed by atoms with Crippen LogP contribution in [0.1, 0.15) is 32.6 Å². The third kappa shape index (κ3) is 2.81. The molecule has 1 aliphatic carbocycles. The number of nitrogens with two attached hydrogens (primary N) is 1. The van der Waals surface area contributed by atoms with Gasteiger partial charge in [-0.15, -0.1) is 0 Å². The van der Waals surface area contributed by atoms with E-state index in [1.54, 1.807) is 6.07 Å². The molecule has 0 unspecified atom stereocenters. The minimum absolute atomic E-state index is 0.301. The van der Waals surface area contributed by atoms with Crippen molar-refractivity contribution in [2.45, 2.75) is 38.7 Å². The molecular weight excluding hydrogens is 190 g/mol.